The fraction of sp³-hybridized carbons (Fsp3) is 0.250. The first-order valence-corrected chi connectivity index (χ1v) is 7.19. The van der Waals surface area contributed by atoms with E-state index in [1.807, 2.05) is 0 Å². The number of fused-ring (bicyclic) bond motifs is 1. The number of hydrogen-bond donors (Lipinski definition) is 1. The summed E-state index contributed by atoms with van der Waals surface area (Å²) >= 11 is 0. The summed E-state index contributed by atoms with van der Waals surface area (Å²) in [7, 11) is -3.16. The first kappa shape index (κ1) is 12.6. The third kappa shape index (κ3) is 2.53. The summed E-state index contributed by atoms with van der Waals surface area (Å²) in [6.07, 6.45) is 0. The van der Waals surface area contributed by atoms with E-state index in [0.29, 0.717) is 16.7 Å². The van der Waals surface area contributed by atoms with Crippen LogP contribution in [0.5, 0.6) is 0 Å². The average molecular weight is 268 g/mol. The molecule has 0 radical (unpaired) electrons. The topological polar surface area (TPSA) is 84.6 Å². The maximum absolute atomic E-state index is 11.5. The molecular formula is C12H12O5S. The van der Waals surface area contributed by atoms with E-state index < -0.39 is 15.8 Å². The number of carboxylic acids is 1. The Morgan fingerprint density at radius 1 is 1.33 bits per heavy atom. The lowest BCUT2D eigenvalue weighted by atomic mass is 10.1. The summed E-state index contributed by atoms with van der Waals surface area (Å²) in [5.74, 6) is -0.819. The average Bonchev–Trinajstić information content (AvgIpc) is 2.68. The standard InChI is InChI=1S/C12H12O5S/c1-2-18(15,16)7-10-6-9-5-8(12(13)14)3-4-11(9)17-10/h3-6H,2,7H2,1H3,(H,13,14). The molecule has 0 aliphatic carbocycles. The number of sulfone groups is 1. The van der Waals surface area contributed by atoms with Gasteiger partial charge in [0.2, 0.25) is 0 Å². The summed E-state index contributed by atoms with van der Waals surface area (Å²) in [6.45, 7) is 1.57. The molecule has 1 heterocycles. The molecule has 0 saturated carbocycles. The number of hydrogen-bond acceptors (Lipinski definition) is 4. The Balaban J connectivity index is 2.42. The van der Waals surface area contributed by atoms with E-state index in [1.54, 1.807) is 13.0 Å². The predicted octanol–water partition coefficient (Wildman–Crippen LogP) is 2.07. The third-order valence-electron chi connectivity index (χ3n) is 2.62. The van der Waals surface area contributed by atoms with Crippen LogP contribution in [-0.4, -0.2) is 25.2 Å². The van der Waals surface area contributed by atoms with Crippen molar-refractivity contribution in [2.45, 2.75) is 12.7 Å². The summed E-state index contributed by atoms with van der Waals surface area (Å²) in [4.78, 5) is 10.8. The van der Waals surface area contributed by atoms with Gasteiger partial charge in [-0.15, -0.1) is 0 Å². The molecular weight excluding hydrogens is 256 g/mol. The number of carboxylic acid groups (broad SMARTS) is 1. The van der Waals surface area contributed by atoms with Crippen LogP contribution in [0.3, 0.4) is 0 Å². The van der Waals surface area contributed by atoms with Crippen LogP contribution < -0.4 is 0 Å². The smallest absolute Gasteiger partial charge is 0.335 e. The first-order chi connectivity index (χ1) is 8.41. The van der Waals surface area contributed by atoms with Crippen molar-refractivity contribution >= 4 is 26.8 Å². The van der Waals surface area contributed by atoms with Gasteiger partial charge >= 0.3 is 5.97 Å². The molecule has 0 aliphatic rings. The van der Waals surface area contributed by atoms with Crippen molar-refractivity contribution < 1.29 is 22.7 Å². The van der Waals surface area contributed by atoms with Crippen molar-refractivity contribution in [3.63, 3.8) is 0 Å². The Hall–Kier alpha value is -1.82. The van der Waals surface area contributed by atoms with Gasteiger partial charge in [0.05, 0.1) is 5.56 Å². The lowest BCUT2D eigenvalue weighted by molar-refractivity contribution is 0.0697. The van der Waals surface area contributed by atoms with E-state index in [4.69, 9.17) is 9.52 Å². The number of carbonyl (C=O) groups is 1. The van der Waals surface area contributed by atoms with Crippen molar-refractivity contribution in [2.75, 3.05) is 5.75 Å². The number of rotatable bonds is 4. The fourth-order valence-corrected chi connectivity index (χ4v) is 2.40. The van der Waals surface area contributed by atoms with E-state index in [0.717, 1.165) is 0 Å². The van der Waals surface area contributed by atoms with Crippen LogP contribution in [0.1, 0.15) is 23.0 Å². The van der Waals surface area contributed by atoms with Crippen LogP contribution in [0, 0.1) is 0 Å². The van der Waals surface area contributed by atoms with Crippen LogP contribution in [0.4, 0.5) is 0 Å². The minimum Gasteiger partial charge on any atom is -0.478 e. The molecule has 0 amide bonds. The van der Waals surface area contributed by atoms with Gasteiger partial charge in [0.1, 0.15) is 17.1 Å². The highest BCUT2D eigenvalue weighted by molar-refractivity contribution is 7.90. The zero-order valence-corrected chi connectivity index (χ0v) is 10.5. The summed E-state index contributed by atoms with van der Waals surface area (Å²) in [5.41, 5.74) is 0.634. The Morgan fingerprint density at radius 2 is 2.06 bits per heavy atom. The van der Waals surface area contributed by atoms with Gasteiger partial charge in [-0.25, -0.2) is 13.2 Å². The summed E-state index contributed by atoms with van der Waals surface area (Å²) in [6, 6.07) is 5.98. The van der Waals surface area contributed by atoms with Crippen LogP contribution in [-0.2, 0) is 15.6 Å². The fourth-order valence-electron chi connectivity index (χ4n) is 1.62. The highest BCUT2D eigenvalue weighted by atomic mass is 32.2. The lowest BCUT2D eigenvalue weighted by Crippen LogP contribution is -2.05. The molecule has 1 aromatic heterocycles. The van der Waals surface area contributed by atoms with Gasteiger partial charge in [0.15, 0.2) is 9.84 Å². The second kappa shape index (κ2) is 4.45. The van der Waals surface area contributed by atoms with Crippen molar-refractivity contribution in [3.05, 3.63) is 35.6 Å². The number of aromatic carboxylic acids is 1. The van der Waals surface area contributed by atoms with Crippen molar-refractivity contribution in [1.82, 2.24) is 0 Å². The molecule has 0 bridgehead atoms. The van der Waals surface area contributed by atoms with Crippen LogP contribution in [0.2, 0.25) is 0 Å². The zero-order valence-electron chi connectivity index (χ0n) is 9.71. The largest absolute Gasteiger partial charge is 0.478 e. The highest BCUT2D eigenvalue weighted by Crippen LogP contribution is 2.22. The molecule has 1 N–H and O–H groups in total. The van der Waals surface area contributed by atoms with Crippen LogP contribution in [0.25, 0.3) is 11.0 Å². The second-order valence-electron chi connectivity index (χ2n) is 3.95. The van der Waals surface area contributed by atoms with Gasteiger partial charge in [-0.2, -0.15) is 0 Å². The normalized spacial score (nSPS) is 11.8. The molecule has 0 saturated heterocycles. The van der Waals surface area contributed by atoms with Crippen molar-refractivity contribution in [1.29, 1.82) is 0 Å². The maximum atomic E-state index is 11.5. The molecule has 0 unspecified atom stereocenters. The summed E-state index contributed by atoms with van der Waals surface area (Å²) in [5, 5.41) is 9.44. The van der Waals surface area contributed by atoms with Gasteiger partial charge < -0.3 is 9.52 Å². The molecule has 0 aliphatic heterocycles. The molecule has 0 atom stereocenters. The zero-order chi connectivity index (χ0) is 13.3. The van der Waals surface area contributed by atoms with Crippen molar-refractivity contribution in [3.8, 4) is 0 Å². The van der Waals surface area contributed by atoms with Gasteiger partial charge in [-0.3, -0.25) is 0 Å². The highest BCUT2D eigenvalue weighted by Gasteiger charge is 2.14. The Morgan fingerprint density at radius 3 is 2.67 bits per heavy atom. The molecule has 18 heavy (non-hydrogen) atoms. The molecule has 2 aromatic rings. The minimum absolute atomic E-state index is 0.0461. The first-order valence-electron chi connectivity index (χ1n) is 5.37. The molecule has 6 heteroatoms. The quantitative estimate of drug-likeness (QED) is 0.917. The van der Waals surface area contributed by atoms with Crippen LogP contribution in [0.15, 0.2) is 28.7 Å². The predicted molar refractivity (Wildman–Crippen MR) is 66.3 cm³/mol. The molecule has 5 nitrogen and oxygen atoms in total. The molecule has 0 spiro atoms. The second-order valence-corrected chi connectivity index (χ2v) is 6.30. The monoisotopic (exact) mass is 268 g/mol. The molecule has 2 rings (SSSR count). The van der Waals surface area contributed by atoms with E-state index in [1.165, 1.54) is 18.2 Å². The third-order valence-corrected chi connectivity index (χ3v) is 4.22. The van der Waals surface area contributed by atoms with Crippen LogP contribution >= 0.6 is 0 Å². The van der Waals surface area contributed by atoms with Gasteiger partial charge in [0, 0.05) is 11.1 Å². The lowest BCUT2D eigenvalue weighted by Gasteiger charge is -1.95. The Bertz CT molecular complexity index is 696. The minimum atomic E-state index is -3.16. The number of furan rings is 1. The van der Waals surface area contributed by atoms with Gasteiger partial charge in [0.25, 0.3) is 0 Å². The van der Waals surface area contributed by atoms with E-state index in [9.17, 15) is 13.2 Å². The van der Waals surface area contributed by atoms with Crippen molar-refractivity contribution in [2.24, 2.45) is 0 Å². The van der Waals surface area contributed by atoms with E-state index in [2.05, 4.69) is 0 Å². The Labute approximate surface area is 104 Å². The maximum Gasteiger partial charge on any atom is 0.335 e. The molecule has 0 fully saturated rings. The van der Waals surface area contributed by atoms with E-state index >= 15 is 0 Å². The molecule has 96 valence electrons. The van der Waals surface area contributed by atoms with Gasteiger partial charge in [-0.05, 0) is 24.3 Å². The Kier molecular flexibility index (Phi) is 3.13. The number of benzene rings is 1. The SMILES string of the molecule is CCS(=O)(=O)Cc1cc2cc(C(=O)O)ccc2o1. The van der Waals surface area contributed by atoms with E-state index in [-0.39, 0.29) is 17.1 Å². The molecule has 1 aromatic carbocycles. The summed E-state index contributed by atoms with van der Waals surface area (Å²) < 4.78 is 28.3. The van der Waals surface area contributed by atoms with Gasteiger partial charge in [-0.1, -0.05) is 6.92 Å².